The SMILES string of the molecule is CSC(=O)NC(=O)NC(=O)/C=C/C(=O)NC(=O)NC(=O)SC. The van der Waals surface area contributed by atoms with Gasteiger partial charge in [-0.3, -0.25) is 40.4 Å². The molecule has 0 radical (unpaired) electrons. The highest BCUT2D eigenvalue weighted by Gasteiger charge is 2.10. The Morgan fingerprint density at radius 1 is 0.636 bits per heavy atom. The summed E-state index contributed by atoms with van der Waals surface area (Å²) in [5, 5.41) is 5.81. The summed E-state index contributed by atoms with van der Waals surface area (Å²) in [5.41, 5.74) is 0. The predicted molar refractivity (Wildman–Crippen MR) is 80.3 cm³/mol. The molecule has 0 aromatic heterocycles. The van der Waals surface area contributed by atoms with E-state index in [9.17, 15) is 28.8 Å². The molecule has 0 aliphatic rings. The standard InChI is InChI=1S/C10H12N4O6S2/c1-21-9(19)13-7(17)11-5(15)3-4-6(16)12-8(18)14-10(20)22-2/h3-4H,1-2H3,(H2,11,13,15,17,19)(H2,12,14,16,18,20)/b4-3+. The van der Waals surface area contributed by atoms with Crippen LogP contribution in [0, 0.1) is 0 Å². The van der Waals surface area contributed by atoms with E-state index in [4.69, 9.17) is 0 Å². The average molecular weight is 348 g/mol. The van der Waals surface area contributed by atoms with Crippen LogP contribution in [0.15, 0.2) is 12.2 Å². The first kappa shape index (κ1) is 19.7. The lowest BCUT2D eigenvalue weighted by atomic mass is 10.4. The van der Waals surface area contributed by atoms with Crippen molar-refractivity contribution in [1.29, 1.82) is 0 Å². The normalized spacial score (nSPS) is 9.73. The van der Waals surface area contributed by atoms with Crippen molar-refractivity contribution in [2.75, 3.05) is 12.5 Å². The number of nitrogens with one attached hydrogen (secondary N) is 4. The van der Waals surface area contributed by atoms with Gasteiger partial charge in [-0.25, -0.2) is 9.59 Å². The summed E-state index contributed by atoms with van der Waals surface area (Å²) in [7, 11) is 0. The zero-order chi connectivity index (χ0) is 17.1. The van der Waals surface area contributed by atoms with Crippen LogP contribution in [0.25, 0.3) is 0 Å². The first-order valence-electron chi connectivity index (χ1n) is 5.36. The minimum absolute atomic E-state index is 0.665. The first-order chi connectivity index (χ1) is 10.3. The summed E-state index contributed by atoms with van der Waals surface area (Å²) in [5.74, 6) is -1.97. The van der Waals surface area contributed by atoms with E-state index < -0.39 is 34.4 Å². The number of hydrogen-bond donors (Lipinski definition) is 4. The molecule has 0 atom stereocenters. The Morgan fingerprint density at radius 2 is 0.955 bits per heavy atom. The summed E-state index contributed by atoms with van der Waals surface area (Å²) >= 11 is 1.47. The summed E-state index contributed by atoms with van der Waals surface area (Å²) in [4.78, 5) is 66.3. The van der Waals surface area contributed by atoms with Gasteiger partial charge in [0.25, 0.3) is 22.3 Å². The highest BCUT2D eigenvalue weighted by atomic mass is 32.2. The van der Waals surface area contributed by atoms with Crippen molar-refractivity contribution < 1.29 is 28.8 Å². The van der Waals surface area contributed by atoms with Gasteiger partial charge in [-0.05, 0) is 12.5 Å². The Balaban J connectivity index is 4.24. The summed E-state index contributed by atoms with van der Waals surface area (Å²) < 4.78 is 0. The van der Waals surface area contributed by atoms with Gasteiger partial charge in [0, 0.05) is 12.2 Å². The van der Waals surface area contributed by atoms with Crippen molar-refractivity contribution in [2.45, 2.75) is 0 Å². The number of urea groups is 2. The molecule has 4 N–H and O–H groups in total. The summed E-state index contributed by atoms with van der Waals surface area (Å²) in [6.07, 6.45) is 4.20. The third kappa shape index (κ3) is 9.55. The summed E-state index contributed by atoms with van der Waals surface area (Å²) in [6, 6.07) is -2.12. The maximum absolute atomic E-state index is 11.2. The fraction of sp³-hybridized carbons (Fsp3) is 0.200. The fourth-order valence-electron chi connectivity index (χ4n) is 0.808. The zero-order valence-corrected chi connectivity index (χ0v) is 13.1. The molecule has 10 nitrogen and oxygen atoms in total. The molecule has 0 aromatic rings. The molecule has 0 aromatic carbocycles. The first-order valence-corrected chi connectivity index (χ1v) is 7.81. The quantitative estimate of drug-likeness (QED) is 0.515. The van der Waals surface area contributed by atoms with Crippen molar-refractivity contribution in [2.24, 2.45) is 0 Å². The van der Waals surface area contributed by atoms with Crippen LogP contribution in [-0.2, 0) is 9.59 Å². The molecule has 120 valence electrons. The number of hydrogen-bond acceptors (Lipinski definition) is 8. The van der Waals surface area contributed by atoms with Crippen molar-refractivity contribution in [3.05, 3.63) is 12.2 Å². The van der Waals surface area contributed by atoms with E-state index in [0.717, 1.165) is 23.5 Å². The van der Waals surface area contributed by atoms with Gasteiger partial charge in [0.05, 0.1) is 0 Å². The number of thioether (sulfide) groups is 2. The van der Waals surface area contributed by atoms with Gasteiger partial charge in [-0.1, -0.05) is 23.5 Å². The van der Waals surface area contributed by atoms with Crippen LogP contribution in [-0.4, -0.2) is 46.9 Å². The molecule has 0 fully saturated rings. The minimum Gasteiger partial charge on any atom is -0.274 e. The third-order valence-electron chi connectivity index (χ3n) is 1.66. The van der Waals surface area contributed by atoms with Crippen molar-refractivity contribution in [1.82, 2.24) is 21.3 Å². The number of rotatable bonds is 2. The lowest BCUT2D eigenvalue weighted by molar-refractivity contribution is -0.117. The topological polar surface area (TPSA) is 151 Å². The molecule has 12 heteroatoms. The molecule has 0 aliphatic carbocycles. The Hall–Kier alpha value is -2.34. The second kappa shape index (κ2) is 10.4. The van der Waals surface area contributed by atoms with Crippen molar-refractivity contribution >= 4 is 57.9 Å². The van der Waals surface area contributed by atoms with Gasteiger partial charge in [0.2, 0.25) is 0 Å². The van der Waals surface area contributed by atoms with Gasteiger partial charge in [0.15, 0.2) is 0 Å². The monoisotopic (exact) mass is 348 g/mol. The molecular weight excluding hydrogens is 336 g/mol. The molecule has 8 amide bonds. The third-order valence-corrected chi connectivity index (χ3v) is 2.61. The zero-order valence-electron chi connectivity index (χ0n) is 11.4. The van der Waals surface area contributed by atoms with E-state index in [2.05, 4.69) is 0 Å². The summed E-state index contributed by atoms with van der Waals surface area (Å²) in [6.45, 7) is 0. The minimum atomic E-state index is -1.06. The van der Waals surface area contributed by atoms with E-state index >= 15 is 0 Å². The van der Waals surface area contributed by atoms with Gasteiger partial charge in [-0.15, -0.1) is 0 Å². The Kier molecular flexibility index (Phi) is 9.29. The molecule has 22 heavy (non-hydrogen) atoms. The lowest BCUT2D eigenvalue weighted by Gasteiger charge is -2.02. The Bertz CT molecular complexity index is 488. The number of carbonyl (C=O) groups is 6. The van der Waals surface area contributed by atoms with E-state index in [1.807, 2.05) is 10.6 Å². The highest BCUT2D eigenvalue weighted by molar-refractivity contribution is 8.13. The van der Waals surface area contributed by atoms with Gasteiger partial charge in [0.1, 0.15) is 0 Å². The lowest BCUT2D eigenvalue weighted by Crippen LogP contribution is -2.41. The maximum atomic E-state index is 11.2. The molecule has 0 saturated heterocycles. The smallest absolute Gasteiger partial charge is 0.274 e. The molecule has 0 aliphatic heterocycles. The van der Waals surface area contributed by atoms with Crippen LogP contribution >= 0.6 is 23.5 Å². The average Bonchev–Trinajstić information content (AvgIpc) is 2.44. The van der Waals surface area contributed by atoms with Gasteiger partial charge in [-0.2, -0.15) is 0 Å². The van der Waals surface area contributed by atoms with Crippen LogP contribution in [0.4, 0.5) is 19.2 Å². The molecule has 0 saturated carbocycles. The van der Waals surface area contributed by atoms with Crippen LogP contribution < -0.4 is 21.3 Å². The Labute approximate surface area is 133 Å². The second-order valence-corrected chi connectivity index (χ2v) is 4.76. The second-order valence-electron chi connectivity index (χ2n) is 3.20. The Morgan fingerprint density at radius 3 is 1.23 bits per heavy atom. The van der Waals surface area contributed by atoms with Gasteiger partial charge < -0.3 is 0 Å². The molecule has 0 bridgehead atoms. The van der Waals surface area contributed by atoms with E-state index in [1.165, 1.54) is 12.5 Å². The van der Waals surface area contributed by atoms with E-state index in [-0.39, 0.29) is 0 Å². The molecule has 0 heterocycles. The largest absolute Gasteiger partial charge is 0.329 e. The van der Waals surface area contributed by atoms with Crippen molar-refractivity contribution in [3.63, 3.8) is 0 Å². The van der Waals surface area contributed by atoms with Gasteiger partial charge >= 0.3 is 12.1 Å². The molecular formula is C10H12N4O6S2. The van der Waals surface area contributed by atoms with Crippen LogP contribution in [0.2, 0.25) is 0 Å². The van der Waals surface area contributed by atoms with E-state index in [1.54, 1.807) is 10.6 Å². The number of carbonyl (C=O) groups excluding carboxylic acids is 6. The molecule has 0 unspecified atom stereocenters. The van der Waals surface area contributed by atoms with Crippen molar-refractivity contribution in [3.8, 4) is 0 Å². The van der Waals surface area contributed by atoms with Crippen LogP contribution in [0.3, 0.4) is 0 Å². The number of amides is 8. The van der Waals surface area contributed by atoms with E-state index in [0.29, 0.717) is 12.2 Å². The fourth-order valence-corrected chi connectivity index (χ4v) is 1.20. The predicted octanol–water partition coefficient (Wildman–Crippen LogP) is 0.160. The molecule has 0 spiro atoms. The highest BCUT2D eigenvalue weighted by Crippen LogP contribution is 1.92. The van der Waals surface area contributed by atoms with Crippen LogP contribution in [0.1, 0.15) is 0 Å². The maximum Gasteiger partial charge on any atom is 0.329 e. The van der Waals surface area contributed by atoms with Crippen LogP contribution in [0.5, 0.6) is 0 Å². The number of imide groups is 4. The molecule has 0 rings (SSSR count).